The van der Waals surface area contributed by atoms with Gasteiger partial charge >= 0.3 is 0 Å². The van der Waals surface area contributed by atoms with Crippen LogP contribution >= 0.6 is 0 Å². The Balaban J connectivity index is 1.47. The first kappa shape index (κ1) is 19.4. The largest absolute Gasteiger partial charge is 0.497 e. The molecule has 0 atom stereocenters. The van der Waals surface area contributed by atoms with Crippen LogP contribution in [0.2, 0.25) is 0 Å². The predicted molar refractivity (Wildman–Crippen MR) is 108 cm³/mol. The smallest absolute Gasteiger partial charge is 0.191 e. The first-order valence-corrected chi connectivity index (χ1v) is 9.06. The number of benzene rings is 2. The summed E-state index contributed by atoms with van der Waals surface area (Å²) in [6.45, 7) is 1.34. The predicted octanol–water partition coefficient (Wildman–Crippen LogP) is 2.93. The van der Waals surface area contributed by atoms with E-state index < -0.39 is 0 Å². The third-order valence-electron chi connectivity index (χ3n) is 4.23. The molecule has 3 aromatic rings. The van der Waals surface area contributed by atoms with E-state index in [-0.39, 0.29) is 5.82 Å². The van der Waals surface area contributed by atoms with E-state index in [1.165, 1.54) is 12.1 Å². The Labute approximate surface area is 164 Å². The number of nitrogens with zero attached hydrogens (tertiary/aromatic N) is 3. The number of hydrogen-bond acceptors (Lipinski definition) is 3. The monoisotopic (exact) mass is 381 g/mol. The van der Waals surface area contributed by atoms with E-state index in [9.17, 15) is 4.39 Å². The summed E-state index contributed by atoms with van der Waals surface area (Å²) in [4.78, 5) is 4.24. The Morgan fingerprint density at radius 1 is 1.14 bits per heavy atom. The van der Waals surface area contributed by atoms with Crippen molar-refractivity contribution in [3.05, 3.63) is 77.9 Å². The van der Waals surface area contributed by atoms with Crippen molar-refractivity contribution < 1.29 is 9.13 Å². The normalized spacial score (nSPS) is 11.3. The van der Waals surface area contributed by atoms with Gasteiger partial charge in [-0.1, -0.05) is 12.1 Å². The lowest BCUT2D eigenvalue weighted by Gasteiger charge is -2.12. The minimum Gasteiger partial charge on any atom is -0.497 e. The van der Waals surface area contributed by atoms with Gasteiger partial charge in [0, 0.05) is 32.8 Å². The molecule has 7 heteroatoms. The zero-order valence-electron chi connectivity index (χ0n) is 16.0. The van der Waals surface area contributed by atoms with Crippen LogP contribution in [0.1, 0.15) is 11.3 Å². The van der Waals surface area contributed by atoms with Crippen molar-refractivity contribution in [3.8, 4) is 11.4 Å². The maximum Gasteiger partial charge on any atom is 0.191 e. The van der Waals surface area contributed by atoms with E-state index in [2.05, 4.69) is 20.7 Å². The minimum absolute atomic E-state index is 0.256. The van der Waals surface area contributed by atoms with Gasteiger partial charge in [0.1, 0.15) is 11.6 Å². The molecule has 1 heterocycles. The molecule has 0 fully saturated rings. The Kier molecular flexibility index (Phi) is 6.62. The van der Waals surface area contributed by atoms with Gasteiger partial charge in [-0.25, -0.2) is 9.07 Å². The molecule has 0 spiro atoms. The van der Waals surface area contributed by atoms with E-state index in [1.54, 1.807) is 31.0 Å². The Hall–Kier alpha value is -3.35. The number of halogens is 1. The molecule has 0 saturated heterocycles. The maximum absolute atomic E-state index is 13.0. The molecule has 28 heavy (non-hydrogen) atoms. The number of rotatable bonds is 7. The van der Waals surface area contributed by atoms with Crippen LogP contribution in [0, 0.1) is 5.82 Å². The van der Waals surface area contributed by atoms with Gasteiger partial charge in [-0.3, -0.25) is 4.99 Å². The molecule has 0 aliphatic rings. The third kappa shape index (κ3) is 5.33. The Morgan fingerprint density at radius 2 is 1.96 bits per heavy atom. The van der Waals surface area contributed by atoms with Gasteiger partial charge in [-0.05, 0) is 48.0 Å². The molecule has 2 aromatic carbocycles. The first-order chi connectivity index (χ1) is 13.7. The van der Waals surface area contributed by atoms with E-state index >= 15 is 0 Å². The third-order valence-corrected chi connectivity index (χ3v) is 4.23. The summed E-state index contributed by atoms with van der Waals surface area (Å²) in [5.41, 5.74) is 2.89. The van der Waals surface area contributed by atoms with Crippen molar-refractivity contribution in [2.24, 2.45) is 4.99 Å². The van der Waals surface area contributed by atoms with E-state index in [0.717, 1.165) is 35.1 Å². The molecule has 0 radical (unpaired) electrons. The van der Waals surface area contributed by atoms with Gasteiger partial charge in [0.2, 0.25) is 0 Å². The van der Waals surface area contributed by atoms with E-state index in [4.69, 9.17) is 4.74 Å². The second-order valence-corrected chi connectivity index (χ2v) is 6.18. The zero-order chi connectivity index (χ0) is 19.8. The highest BCUT2D eigenvalue weighted by atomic mass is 19.1. The molecular weight excluding hydrogens is 357 g/mol. The van der Waals surface area contributed by atoms with Crippen LogP contribution < -0.4 is 15.4 Å². The van der Waals surface area contributed by atoms with Crippen LogP contribution in [-0.4, -0.2) is 36.4 Å². The molecule has 0 amide bonds. The topological polar surface area (TPSA) is 63.5 Å². The van der Waals surface area contributed by atoms with Crippen LogP contribution in [0.3, 0.4) is 0 Å². The number of nitrogens with one attached hydrogen (secondary N) is 2. The van der Waals surface area contributed by atoms with Crippen molar-refractivity contribution in [2.75, 3.05) is 20.7 Å². The van der Waals surface area contributed by atoms with Gasteiger partial charge in [-0.15, -0.1) is 0 Å². The van der Waals surface area contributed by atoms with Crippen molar-refractivity contribution in [3.63, 3.8) is 0 Å². The minimum atomic E-state index is -0.256. The van der Waals surface area contributed by atoms with Crippen LogP contribution in [0.25, 0.3) is 5.69 Å². The summed E-state index contributed by atoms with van der Waals surface area (Å²) in [6.07, 6.45) is 2.62. The second kappa shape index (κ2) is 9.55. The summed E-state index contributed by atoms with van der Waals surface area (Å²) < 4.78 is 20.0. The fraction of sp³-hybridized carbons (Fsp3) is 0.238. The van der Waals surface area contributed by atoms with Crippen molar-refractivity contribution in [1.29, 1.82) is 0 Å². The number of hydrogen-bond donors (Lipinski definition) is 2. The summed E-state index contributed by atoms with van der Waals surface area (Å²) in [6, 6.07) is 16.1. The molecule has 6 nitrogen and oxygen atoms in total. The zero-order valence-corrected chi connectivity index (χ0v) is 16.0. The molecular formula is C21H24FN5O. The van der Waals surface area contributed by atoms with Crippen molar-refractivity contribution in [1.82, 2.24) is 20.4 Å². The highest BCUT2D eigenvalue weighted by Crippen LogP contribution is 2.12. The van der Waals surface area contributed by atoms with Crippen molar-refractivity contribution in [2.45, 2.75) is 13.0 Å². The molecule has 1 aromatic heterocycles. The quantitative estimate of drug-likeness (QED) is 0.488. The number of ether oxygens (including phenoxy) is 1. The van der Waals surface area contributed by atoms with Gasteiger partial charge in [0.05, 0.1) is 18.5 Å². The number of aliphatic imine (C=N–C) groups is 1. The lowest BCUT2D eigenvalue weighted by Crippen LogP contribution is -2.37. The molecule has 2 N–H and O–H groups in total. The summed E-state index contributed by atoms with van der Waals surface area (Å²) in [5.74, 6) is 1.30. The number of aromatic nitrogens is 2. The lowest BCUT2D eigenvalue weighted by atomic mass is 10.2. The fourth-order valence-electron chi connectivity index (χ4n) is 2.73. The number of methoxy groups -OCH3 is 1. The summed E-state index contributed by atoms with van der Waals surface area (Å²) >= 11 is 0. The van der Waals surface area contributed by atoms with Crippen LogP contribution in [0.5, 0.6) is 5.75 Å². The average Bonchev–Trinajstić information content (AvgIpc) is 3.20. The Morgan fingerprint density at radius 3 is 2.71 bits per heavy atom. The molecule has 0 saturated carbocycles. The SMILES string of the molecule is CN=C(NCCc1ccn(-c2ccc(F)cc2)n1)NCc1cccc(OC)c1. The van der Waals surface area contributed by atoms with Gasteiger partial charge in [0.25, 0.3) is 0 Å². The second-order valence-electron chi connectivity index (χ2n) is 6.18. The molecule has 146 valence electrons. The van der Waals surface area contributed by atoms with Crippen molar-refractivity contribution >= 4 is 5.96 Å². The fourth-order valence-corrected chi connectivity index (χ4v) is 2.73. The standard InChI is InChI=1S/C21H24FN5O/c1-23-21(25-15-16-4-3-5-20(14-16)28-2)24-12-10-18-11-13-27(26-18)19-8-6-17(22)7-9-19/h3-9,11,13-14H,10,12,15H2,1-2H3,(H2,23,24,25). The van der Waals surface area contributed by atoms with Crippen LogP contribution in [0.15, 0.2) is 65.8 Å². The number of guanidine groups is 1. The lowest BCUT2D eigenvalue weighted by molar-refractivity contribution is 0.414. The molecule has 0 aliphatic carbocycles. The van der Waals surface area contributed by atoms with Crippen LogP contribution in [-0.2, 0) is 13.0 Å². The molecule has 0 bridgehead atoms. The van der Waals surface area contributed by atoms with Gasteiger partial charge < -0.3 is 15.4 Å². The molecule has 3 rings (SSSR count). The van der Waals surface area contributed by atoms with E-state index in [0.29, 0.717) is 13.1 Å². The van der Waals surface area contributed by atoms with Crippen LogP contribution in [0.4, 0.5) is 4.39 Å². The molecule has 0 aliphatic heterocycles. The Bertz CT molecular complexity index is 921. The summed E-state index contributed by atoms with van der Waals surface area (Å²) in [7, 11) is 3.40. The highest BCUT2D eigenvalue weighted by Gasteiger charge is 2.04. The van der Waals surface area contributed by atoms with Gasteiger partial charge in [0.15, 0.2) is 5.96 Å². The van der Waals surface area contributed by atoms with Gasteiger partial charge in [-0.2, -0.15) is 5.10 Å². The maximum atomic E-state index is 13.0. The highest BCUT2D eigenvalue weighted by molar-refractivity contribution is 5.79. The molecule has 0 unspecified atom stereocenters. The average molecular weight is 381 g/mol. The summed E-state index contributed by atoms with van der Waals surface area (Å²) in [5, 5.41) is 11.1. The first-order valence-electron chi connectivity index (χ1n) is 9.06. The van der Waals surface area contributed by atoms with E-state index in [1.807, 2.05) is 36.5 Å².